The van der Waals surface area contributed by atoms with Gasteiger partial charge in [0.25, 0.3) is 0 Å². The SMILES string of the molecule is CCN(Cc1ccccn1)S(=O)(=O)C1CCCNC1. The zero-order chi connectivity index (χ0) is 13.7. The molecule has 1 N–H and O–H groups in total. The standard InChI is InChI=1S/C13H21N3O2S/c1-2-16(11-12-6-3-4-9-15-12)19(17,18)13-7-5-8-14-10-13/h3-4,6,9,13-14H,2,5,7-8,10-11H2,1H3. The maximum absolute atomic E-state index is 12.6. The molecule has 0 amide bonds. The van der Waals surface area contributed by atoms with E-state index in [0.29, 0.717) is 19.6 Å². The van der Waals surface area contributed by atoms with Crippen LogP contribution >= 0.6 is 0 Å². The Labute approximate surface area is 115 Å². The normalized spacial score (nSPS) is 20.6. The molecule has 6 heteroatoms. The van der Waals surface area contributed by atoms with Crippen LogP contribution in [0.5, 0.6) is 0 Å². The number of pyridine rings is 1. The van der Waals surface area contributed by atoms with Crippen molar-refractivity contribution in [3.63, 3.8) is 0 Å². The third-order valence-electron chi connectivity index (χ3n) is 3.45. The Morgan fingerprint density at radius 2 is 2.32 bits per heavy atom. The summed E-state index contributed by atoms with van der Waals surface area (Å²) in [5.74, 6) is 0. The fourth-order valence-electron chi connectivity index (χ4n) is 2.34. The van der Waals surface area contributed by atoms with Crippen LogP contribution in [0.4, 0.5) is 0 Å². The van der Waals surface area contributed by atoms with Gasteiger partial charge in [0, 0.05) is 19.3 Å². The first-order chi connectivity index (χ1) is 9.14. The van der Waals surface area contributed by atoms with E-state index in [0.717, 1.165) is 25.1 Å². The van der Waals surface area contributed by atoms with Crippen LogP contribution in [0.15, 0.2) is 24.4 Å². The Morgan fingerprint density at radius 1 is 1.47 bits per heavy atom. The van der Waals surface area contributed by atoms with Crippen LogP contribution in [-0.4, -0.2) is 42.6 Å². The van der Waals surface area contributed by atoms with Gasteiger partial charge in [0.2, 0.25) is 10.0 Å². The lowest BCUT2D eigenvalue weighted by Gasteiger charge is -2.29. The molecule has 0 saturated carbocycles. The number of sulfonamides is 1. The second-order valence-electron chi connectivity index (χ2n) is 4.76. The summed E-state index contributed by atoms with van der Waals surface area (Å²) in [6, 6.07) is 5.57. The van der Waals surface area contributed by atoms with Crippen molar-refractivity contribution in [2.24, 2.45) is 0 Å². The molecule has 1 aromatic rings. The van der Waals surface area contributed by atoms with E-state index in [1.807, 2.05) is 25.1 Å². The maximum Gasteiger partial charge on any atom is 0.218 e. The van der Waals surface area contributed by atoms with Crippen molar-refractivity contribution >= 4 is 10.0 Å². The Hall–Kier alpha value is -0.980. The predicted octanol–water partition coefficient (Wildman–Crippen LogP) is 0.985. The highest BCUT2D eigenvalue weighted by atomic mass is 32.2. The van der Waals surface area contributed by atoms with Crippen LogP contribution in [0.3, 0.4) is 0 Å². The predicted molar refractivity (Wildman–Crippen MR) is 75.1 cm³/mol. The van der Waals surface area contributed by atoms with Crippen LogP contribution in [0.1, 0.15) is 25.5 Å². The quantitative estimate of drug-likeness (QED) is 0.875. The molecule has 19 heavy (non-hydrogen) atoms. The van der Waals surface area contributed by atoms with Gasteiger partial charge in [-0.2, -0.15) is 4.31 Å². The van der Waals surface area contributed by atoms with Crippen molar-refractivity contribution in [3.05, 3.63) is 30.1 Å². The zero-order valence-electron chi connectivity index (χ0n) is 11.2. The molecule has 2 rings (SSSR count). The molecule has 1 aromatic heterocycles. The summed E-state index contributed by atoms with van der Waals surface area (Å²) >= 11 is 0. The molecule has 5 nitrogen and oxygen atoms in total. The molecule has 1 atom stereocenters. The van der Waals surface area contributed by atoms with E-state index in [1.165, 1.54) is 4.31 Å². The lowest BCUT2D eigenvalue weighted by Crippen LogP contribution is -2.46. The van der Waals surface area contributed by atoms with Crippen LogP contribution in [0, 0.1) is 0 Å². The van der Waals surface area contributed by atoms with E-state index in [4.69, 9.17) is 0 Å². The Morgan fingerprint density at radius 3 is 2.89 bits per heavy atom. The van der Waals surface area contributed by atoms with Crippen LogP contribution in [0.2, 0.25) is 0 Å². The summed E-state index contributed by atoms with van der Waals surface area (Å²) in [7, 11) is -3.24. The van der Waals surface area contributed by atoms with Gasteiger partial charge in [0.1, 0.15) is 0 Å². The Kier molecular flexibility index (Phi) is 4.90. The molecule has 0 bridgehead atoms. The highest BCUT2D eigenvalue weighted by Gasteiger charge is 2.32. The first kappa shape index (κ1) is 14.4. The van der Waals surface area contributed by atoms with Crippen molar-refractivity contribution in [2.45, 2.75) is 31.6 Å². The summed E-state index contributed by atoms with van der Waals surface area (Å²) in [6.07, 6.45) is 3.36. The summed E-state index contributed by atoms with van der Waals surface area (Å²) in [6.45, 7) is 4.18. The summed E-state index contributed by atoms with van der Waals surface area (Å²) in [5.41, 5.74) is 0.789. The van der Waals surface area contributed by atoms with Crippen LogP contribution in [0.25, 0.3) is 0 Å². The summed E-state index contributed by atoms with van der Waals surface area (Å²) in [4.78, 5) is 4.20. The highest BCUT2D eigenvalue weighted by molar-refractivity contribution is 7.89. The Bertz CT molecular complexity index is 484. The molecule has 106 valence electrons. The maximum atomic E-state index is 12.6. The average Bonchev–Trinajstić information content (AvgIpc) is 2.46. The first-order valence-corrected chi connectivity index (χ1v) is 8.24. The van der Waals surface area contributed by atoms with Gasteiger partial charge in [-0.05, 0) is 31.5 Å². The molecule has 1 aliphatic rings. The van der Waals surface area contributed by atoms with Gasteiger partial charge in [-0.15, -0.1) is 0 Å². The van der Waals surface area contributed by atoms with E-state index in [1.54, 1.807) is 6.20 Å². The number of rotatable bonds is 5. The molecule has 1 saturated heterocycles. The van der Waals surface area contributed by atoms with E-state index in [2.05, 4.69) is 10.3 Å². The first-order valence-electron chi connectivity index (χ1n) is 6.74. The number of hydrogen-bond acceptors (Lipinski definition) is 4. The minimum Gasteiger partial charge on any atom is -0.315 e. The van der Waals surface area contributed by atoms with E-state index in [-0.39, 0.29) is 5.25 Å². The number of nitrogens with zero attached hydrogens (tertiary/aromatic N) is 2. The molecular weight excluding hydrogens is 262 g/mol. The molecule has 1 aliphatic heterocycles. The smallest absolute Gasteiger partial charge is 0.218 e. The van der Waals surface area contributed by atoms with Gasteiger partial charge >= 0.3 is 0 Å². The molecule has 0 spiro atoms. The van der Waals surface area contributed by atoms with Gasteiger partial charge in [0.05, 0.1) is 17.5 Å². The number of nitrogens with one attached hydrogen (secondary N) is 1. The molecule has 0 aromatic carbocycles. The number of aromatic nitrogens is 1. The largest absolute Gasteiger partial charge is 0.315 e. The van der Waals surface area contributed by atoms with E-state index < -0.39 is 10.0 Å². The van der Waals surface area contributed by atoms with Crippen molar-refractivity contribution in [1.82, 2.24) is 14.6 Å². The molecule has 2 heterocycles. The van der Waals surface area contributed by atoms with Crippen molar-refractivity contribution in [1.29, 1.82) is 0 Å². The second-order valence-corrected chi connectivity index (χ2v) is 6.97. The molecule has 0 radical (unpaired) electrons. The highest BCUT2D eigenvalue weighted by Crippen LogP contribution is 2.18. The van der Waals surface area contributed by atoms with Gasteiger partial charge in [-0.25, -0.2) is 8.42 Å². The van der Waals surface area contributed by atoms with Crippen molar-refractivity contribution in [3.8, 4) is 0 Å². The summed E-state index contributed by atoms with van der Waals surface area (Å²) < 4.78 is 26.7. The van der Waals surface area contributed by atoms with Crippen LogP contribution < -0.4 is 5.32 Å². The average molecular weight is 283 g/mol. The molecule has 1 unspecified atom stereocenters. The van der Waals surface area contributed by atoms with Crippen molar-refractivity contribution in [2.75, 3.05) is 19.6 Å². The molecule has 0 aliphatic carbocycles. The van der Waals surface area contributed by atoms with Crippen molar-refractivity contribution < 1.29 is 8.42 Å². The lowest BCUT2D eigenvalue weighted by atomic mass is 10.2. The minimum absolute atomic E-state index is 0.301. The van der Waals surface area contributed by atoms with E-state index >= 15 is 0 Å². The second kappa shape index (κ2) is 6.45. The van der Waals surface area contributed by atoms with Gasteiger partial charge in [-0.1, -0.05) is 13.0 Å². The number of piperidine rings is 1. The van der Waals surface area contributed by atoms with Gasteiger partial charge in [-0.3, -0.25) is 4.98 Å². The zero-order valence-corrected chi connectivity index (χ0v) is 12.1. The fourth-order valence-corrected chi connectivity index (χ4v) is 4.23. The van der Waals surface area contributed by atoms with Gasteiger partial charge < -0.3 is 5.32 Å². The lowest BCUT2D eigenvalue weighted by molar-refractivity contribution is 0.395. The van der Waals surface area contributed by atoms with Gasteiger partial charge in [0.15, 0.2) is 0 Å². The molecule has 1 fully saturated rings. The fraction of sp³-hybridized carbons (Fsp3) is 0.615. The summed E-state index contributed by atoms with van der Waals surface area (Å²) in [5, 5.41) is 2.86. The topological polar surface area (TPSA) is 62.3 Å². The Balaban J connectivity index is 2.11. The third-order valence-corrected chi connectivity index (χ3v) is 5.80. The van der Waals surface area contributed by atoms with E-state index in [9.17, 15) is 8.42 Å². The molecular formula is C13H21N3O2S. The number of hydrogen-bond donors (Lipinski definition) is 1. The monoisotopic (exact) mass is 283 g/mol. The third kappa shape index (κ3) is 3.52. The van der Waals surface area contributed by atoms with Crippen LogP contribution in [-0.2, 0) is 16.6 Å². The minimum atomic E-state index is -3.24.